The van der Waals surface area contributed by atoms with Gasteiger partial charge in [-0.1, -0.05) is 12.1 Å². The average molecular weight is 521 g/mol. The Hall–Kier alpha value is -3.92. The quantitative estimate of drug-likeness (QED) is 0.395. The van der Waals surface area contributed by atoms with Crippen molar-refractivity contribution in [2.24, 2.45) is 11.8 Å². The molecule has 5 rings (SSSR count). The number of fused-ring (bicyclic) bond motifs is 1. The van der Waals surface area contributed by atoms with Crippen LogP contribution in [0.5, 0.6) is 5.75 Å². The van der Waals surface area contributed by atoms with Crippen LogP contribution in [0.25, 0.3) is 0 Å². The van der Waals surface area contributed by atoms with Crippen molar-refractivity contribution in [3.8, 4) is 5.75 Å². The number of benzene rings is 2. The van der Waals surface area contributed by atoms with Gasteiger partial charge in [0, 0.05) is 37.4 Å². The number of aliphatic hydroxyl groups excluding tert-OH is 1. The van der Waals surface area contributed by atoms with Gasteiger partial charge in [-0.25, -0.2) is 4.79 Å². The number of nitrogens with zero attached hydrogens (tertiary/aromatic N) is 1. The molecule has 1 saturated carbocycles. The Morgan fingerprint density at radius 3 is 2.58 bits per heavy atom. The predicted octanol–water partition coefficient (Wildman–Crippen LogP) is 2.56. The third-order valence-electron chi connectivity index (χ3n) is 7.55. The van der Waals surface area contributed by atoms with E-state index in [4.69, 9.17) is 4.74 Å². The van der Waals surface area contributed by atoms with E-state index in [1.54, 1.807) is 24.3 Å². The highest BCUT2D eigenvalue weighted by molar-refractivity contribution is 6.05. The number of aliphatic hydroxyl groups is 1. The second-order valence-corrected chi connectivity index (χ2v) is 10.3. The molecule has 4 N–H and O–H groups in total. The molecule has 2 heterocycles. The number of amides is 5. The number of imide groups is 1. The number of nitrogens with one attached hydrogen (secondary N) is 3. The van der Waals surface area contributed by atoms with E-state index in [2.05, 4.69) is 16.0 Å². The van der Waals surface area contributed by atoms with Crippen LogP contribution in [0.3, 0.4) is 0 Å². The zero-order valence-electron chi connectivity index (χ0n) is 21.1. The Labute approximate surface area is 220 Å². The molecule has 1 saturated heterocycles. The van der Waals surface area contributed by atoms with Crippen molar-refractivity contribution in [1.82, 2.24) is 15.5 Å². The van der Waals surface area contributed by atoms with Crippen molar-refractivity contribution >= 4 is 29.4 Å². The summed E-state index contributed by atoms with van der Waals surface area (Å²) in [7, 11) is 0. The Morgan fingerprint density at radius 1 is 1.05 bits per heavy atom. The number of hydrogen-bond donors (Lipinski definition) is 4. The first-order valence-corrected chi connectivity index (χ1v) is 13.0. The lowest BCUT2D eigenvalue weighted by atomic mass is 10.0. The van der Waals surface area contributed by atoms with Crippen LogP contribution in [0.4, 0.5) is 10.5 Å². The summed E-state index contributed by atoms with van der Waals surface area (Å²) in [6.45, 7) is 1.43. The first-order valence-electron chi connectivity index (χ1n) is 13.0. The molecule has 0 bridgehead atoms. The van der Waals surface area contributed by atoms with Crippen LogP contribution < -0.4 is 20.7 Å². The van der Waals surface area contributed by atoms with Crippen molar-refractivity contribution < 1.29 is 29.0 Å². The van der Waals surface area contributed by atoms with Gasteiger partial charge in [-0.05, 0) is 79.0 Å². The molecule has 3 atom stereocenters. The number of urea groups is 1. The van der Waals surface area contributed by atoms with E-state index in [1.807, 2.05) is 18.2 Å². The highest BCUT2D eigenvalue weighted by Gasteiger charge is 2.39. The van der Waals surface area contributed by atoms with Gasteiger partial charge in [0.25, 0.3) is 5.91 Å². The molecule has 1 aliphatic carbocycles. The smallest absolute Gasteiger partial charge is 0.319 e. The van der Waals surface area contributed by atoms with Crippen LogP contribution >= 0.6 is 0 Å². The predicted molar refractivity (Wildman–Crippen MR) is 138 cm³/mol. The number of piperidine rings is 1. The third kappa shape index (κ3) is 5.80. The van der Waals surface area contributed by atoms with Gasteiger partial charge < -0.3 is 25.4 Å². The molecule has 0 aromatic heterocycles. The summed E-state index contributed by atoms with van der Waals surface area (Å²) in [6.07, 6.45) is 3.64. The van der Waals surface area contributed by atoms with Gasteiger partial charge in [-0.3, -0.25) is 19.7 Å². The van der Waals surface area contributed by atoms with Crippen LogP contribution in [0.15, 0.2) is 42.5 Å². The van der Waals surface area contributed by atoms with Crippen LogP contribution in [-0.2, 0) is 22.7 Å². The van der Waals surface area contributed by atoms with Gasteiger partial charge in [0.1, 0.15) is 11.8 Å². The molecule has 1 unspecified atom stereocenters. The molecule has 200 valence electrons. The van der Waals surface area contributed by atoms with E-state index in [0.717, 1.165) is 36.1 Å². The van der Waals surface area contributed by atoms with Crippen LogP contribution in [0.2, 0.25) is 0 Å². The molecule has 2 fully saturated rings. The van der Waals surface area contributed by atoms with Gasteiger partial charge in [0.05, 0.1) is 6.61 Å². The molecule has 0 spiro atoms. The number of ether oxygens (including phenoxy) is 1. The van der Waals surface area contributed by atoms with Gasteiger partial charge in [0.2, 0.25) is 11.8 Å². The molecule has 38 heavy (non-hydrogen) atoms. The lowest BCUT2D eigenvalue weighted by molar-refractivity contribution is -0.136. The standard InChI is InChI=1S/C28H32N4O6/c33-15-18-1-2-19(11-18)16-38-22-6-4-21(5-7-22)30-28(37)29-13-17-3-8-23-20(12-17)14-32(27(23)36)24-9-10-25(34)31-26(24)35/h3-8,12,18-19,24,33H,1-2,9-11,13-16H2,(H2,29,30,37)(H,31,34,35)/t18-,19+,24?/m1/s1. The molecule has 5 amide bonds. The van der Waals surface area contributed by atoms with Crippen molar-refractivity contribution in [1.29, 1.82) is 0 Å². The second kappa shape index (κ2) is 11.2. The Balaban J connectivity index is 1.09. The highest BCUT2D eigenvalue weighted by atomic mass is 16.5. The largest absolute Gasteiger partial charge is 0.493 e. The van der Waals surface area contributed by atoms with Crippen molar-refractivity contribution in [3.05, 3.63) is 59.2 Å². The first kappa shape index (κ1) is 25.7. The molecule has 0 radical (unpaired) electrons. The minimum atomic E-state index is -0.655. The Bertz CT molecular complexity index is 1230. The minimum Gasteiger partial charge on any atom is -0.493 e. The summed E-state index contributed by atoms with van der Waals surface area (Å²) >= 11 is 0. The first-order chi connectivity index (χ1) is 18.4. The van der Waals surface area contributed by atoms with Gasteiger partial charge in [-0.2, -0.15) is 0 Å². The number of carbonyl (C=O) groups excluding carboxylic acids is 4. The SMILES string of the molecule is O=C1CCC(N2Cc3cc(CNC(=O)Nc4ccc(OC[C@H]5CC[C@@H](CO)C5)cc4)ccc3C2=O)C(=O)N1. The fourth-order valence-corrected chi connectivity index (χ4v) is 5.44. The molecule has 3 aliphatic rings. The Kier molecular flexibility index (Phi) is 7.59. The highest BCUT2D eigenvalue weighted by Crippen LogP contribution is 2.31. The molecule has 2 aromatic rings. The van der Waals surface area contributed by atoms with E-state index < -0.39 is 11.9 Å². The molecule has 2 aliphatic heterocycles. The lowest BCUT2D eigenvalue weighted by Gasteiger charge is -2.29. The van der Waals surface area contributed by atoms with E-state index in [0.29, 0.717) is 36.1 Å². The van der Waals surface area contributed by atoms with Crippen molar-refractivity contribution in [3.63, 3.8) is 0 Å². The van der Waals surface area contributed by atoms with E-state index in [-0.39, 0.29) is 44.0 Å². The van der Waals surface area contributed by atoms with Crippen molar-refractivity contribution in [2.45, 2.75) is 51.2 Å². The summed E-state index contributed by atoms with van der Waals surface area (Å²) < 4.78 is 5.87. The van der Waals surface area contributed by atoms with E-state index in [9.17, 15) is 24.3 Å². The maximum absolute atomic E-state index is 12.8. The number of hydrogen-bond acceptors (Lipinski definition) is 6. The summed E-state index contributed by atoms with van der Waals surface area (Å²) in [6, 6.07) is 11.5. The monoisotopic (exact) mass is 520 g/mol. The normalized spacial score (nSPS) is 22.7. The fraction of sp³-hybridized carbons (Fsp3) is 0.429. The van der Waals surface area contributed by atoms with Crippen LogP contribution in [0.1, 0.15) is 53.6 Å². The molecule has 10 heteroatoms. The summed E-state index contributed by atoms with van der Waals surface area (Å²) in [5, 5.41) is 17.2. The number of carbonyl (C=O) groups is 4. The van der Waals surface area contributed by atoms with Crippen LogP contribution in [0, 0.1) is 11.8 Å². The van der Waals surface area contributed by atoms with E-state index in [1.165, 1.54) is 4.90 Å². The zero-order chi connectivity index (χ0) is 26.6. The number of rotatable bonds is 8. The zero-order valence-corrected chi connectivity index (χ0v) is 21.1. The summed E-state index contributed by atoms with van der Waals surface area (Å²) in [5.74, 6) is 0.613. The molecular weight excluding hydrogens is 488 g/mol. The van der Waals surface area contributed by atoms with Gasteiger partial charge >= 0.3 is 6.03 Å². The van der Waals surface area contributed by atoms with Crippen molar-refractivity contribution in [2.75, 3.05) is 18.5 Å². The van der Waals surface area contributed by atoms with Gasteiger partial charge in [0.15, 0.2) is 0 Å². The number of anilines is 1. The summed E-state index contributed by atoms with van der Waals surface area (Å²) in [5.41, 5.74) is 2.79. The molecule has 10 nitrogen and oxygen atoms in total. The second-order valence-electron chi connectivity index (χ2n) is 10.3. The maximum atomic E-state index is 12.8. The van der Waals surface area contributed by atoms with Gasteiger partial charge in [-0.15, -0.1) is 0 Å². The summed E-state index contributed by atoms with van der Waals surface area (Å²) in [4.78, 5) is 50.4. The molecule has 2 aromatic carbocycles. The molecular formula is C28H32N4O6. The fourth-order valence-electron chi connectivity index (χ4n) is 5.44. The average Bonchev–Trinajstić information content (AvgIpc) is 3.51. The maximum Gasteiger partial charge on any atom is 0.319 e. The Morgan fingerprint density at radius 2 is 1.84 bits per heavy atom. The lowest BCUT2D eigenvalue weighted by Crippen LogP contribution is -2.52. The van der Waals surface area contributed by atoms with E-state index >= 15 is 0 Å². The topological polar surface area (TPSA) is 137 Å². The van der Waals surface area contributed by atoms with Crippen LogP contribution in [-0.4, -0.2) is 53.0 Å². The minimum absolute atomic E-state index is 0.211. The third-order valence-corrected chi connectivity index (χ3v) is 7.55.